The third-order valence-corrected chi connectivity index (χ3v) is 2.42. The Labute approximate surface area is 57.8 Å². The third-order valence-electron chi connectivity index (χ3n) is 1.39. The lowest BCUT2D eigenvalue weighted by Crippen LogP contribution is -2.13. The first-order chi connectivity index (χ1) is 4.47. The molecule has 2 unspecified atom stereocenters. The Morgan fingerprint density at radius 1 is 1.44 bits per heavy atom. The van der Waals surface area contributed by atoms with Crippen LogP contribution in [0.1, 0.15) is 0 Å². The van der Waals surface area contributed by atoms with Crippen molar-refractivity contribution in [2.24, 2.45) is 15.9 Å². The molecule has 2 heterocycles. The Morgan fingerprint density at radius 3 is 3.33 bits per heavy atom. The van der Waals surface area contributed by atoms with Gasteiger partial charge in [-0.2, -0.15) is 0 Å². The number of thioether (sulfide) groups is 1. The number of aliphatic imine (C=N–C) groups is 2. The van der Waals surface area contributed by atoms with E-state index in [2.05, 4.69) is 21.5 Å². The molecule has 0 aliphatic carbocycles. The Morgan fingerprint density at radius 2 is 2.44 bits per heavy atom. The predicted molar refractivity (Wildman–Crippen MR) is 41.0 cm³/mol. The van der Waals surface area contributed by atoms with Gasteiger partial charge >= 0.3 is 0 Å². The highest BCUT2D eigenvalue weighted by molar-refractivity contribution is 8.03. The van der Waals surface area contributed by atoms with Crippen LogP contribution >= 0.6 is 11.8 Å². The van der Waals surface area contributed by atoms with Gasteiger partial charge in [0.05, 0.1) is 0 Å². The topological polar surface area (TPSA) is 24.7 Å². The predicted octanol–water partition coefficient (Wildman–Crippen LogP) is 1.30. The van der Waals surface area contributed by atoms with Gasteiger partial charge in [-0.05, 0) is 5.41 Å². The standard InChI is InChI=1S/C6H6N2S/c1-2-9-6-5(1)3-7-4-8-6/h1-6H. The zero-order valence-corrected chi connectivity index (χ0v) is 5.58. The van der Waals surface area contributed by atoms with Crippen molar-refractivity contribution in [2.75, 3.05) is 0 Å². The summed E-state index contributed by atoms with van der Waals surface area (Å²) in [6.45, 7) is 0. The van der Waals surface area contributed by atoms with Crippen molar-refractivity contribution in [3.63, 3.8) is 0 Å². The summed E-state index contributed by atoms with van der Waals surface area (Å²) in [5.74, 6) is 0.458. The maximum Gasteiger partial charge on any atom is 0.112 e. The molecule has 3 heteroatoms. The average molecular weight is 138 g/mol. The summed E-state index contributed by atoms with van der Waals surface area (Å²) in [5, 5.41) is 2.48. The van der Waals surface area contributed by atoms with Crippen LogP contribution in [0.2, 0.25) is 0 Å². The van der Waals surface area contributed by atoms with Gasteiger partial charge in [-0.25, -0.2) is 4.99 Å². The van der Waals surface area contributed by atoms with Crippen molar-refractivity contribution < 1.29 is 0 Å². The first kappa shape index (κ1) is 5.23. The lowest BCUT2D eigenvalue weighted by atomic mass is 10.1. The molecule has 2 rings (SSSR count). The van der Waals surface area contributed by atoms with Gasteiger partial charge in [-0.15, -0.1) is 11.8 Å². The minimum atomic E-state index is 0.391. The minimum Gasteiger partial charge on any atom is -0.258 e. The highest BCUT2D eigenvalue weighted by atomic mass is 32.2. The first-order valence-corrected chi connectivity index (χ1v) is 3.78. The second-order valence-electron chi connectivity index (χ2n) is 2.00. The lowest BCUT2D eigenvalue weighted by Gasteiger charge is -2.10. The monoisotopic (exact) mass is 138 g/mol. The largest absolute Gasteiger partial charge is 0.258 e. The van der Waals surface area contributed by atoms with Crippen molar-refractivity contribution in [3.8, 4) is 0 Å². The van der Waals surface area contributed by atoms with Crippen LogP contribution in [0, 0.1) is 5.92 Å². The minimum absolute atomic E-state index is 0.391. The highest BCUT2D eigenvalue weighted by Gasteiger charge is 2.21. The molecule has 0 spiro atoms. The zero-order chi connectivity index (χ0) is 6.10. The van der Waals surface area contributed by atoms with Crippen LogP contribution in [0.25, 0.3) is 0 Å². The van der Waals surface area contributed by atoms with Gasteiger partial charge in [0.25, 0.3) is 0 Å². The molecule has 0 aromatic carbocycles. The van der Waals surface area contributed by atoms with Crippen LogP contribution in [0.5, 0.6) is 0 Å². The third kappa shape index (κ3) is 0.812. The van der Waals surface area contributed by atoms with E-state index in [1.54, 1.807) is 18.1 Å². The molecule has 46 valence electrons. The number of hydrogen-bond donors (Lipinski definition) is 0. The second kappa shape index (κ2) is 1.99. The molecule has 2 aliphatic heterocycles. The Hall–Kier alpha value is -0.570. The van der Waals surface area contributed by atoms with E-state index in [-0.39, 0.29) is 0 Å². The Kier molecular flexibility index (Phi) is 1.16. The second-order valence-corrected chi connectivity index (χ2v) is 3.02. The molecule has 2 atom stereocenters. The maximum atomic E-state index is 4.17. The molecule has 0 N–H and O–H groups in total. The molecule has 0 bridgehead atoms. The molecular weight excluding hydrogens is 132 g/mol. The highest BCUT2D eigenvalue weighted by Crippen LogP contribution is 2.30. The summed E-state index contributed by atoms with van der Waals surface area (Å²) in [6, 6.07) is 0. The first-order valence-electron chi connectivity index (χ1n) is 2.84. The fraction of sp³-hybridized carbons (Fsp3) is 0.333. The van der Waals surface area contributed by atoms with Crippen molar-refractivity contribution in [3.05, 3.63) is 11.5 Å². The van der Waals surface area contributed by atoms with E-state index in [0.717, 1.165) is 0 Å². The Bertz CT molecular complexity index is 195. The molecule has 2 aliphatic rings. The summed E-state index contributed by atoms with van der Waals surface area (Å²) in [5.41, 5.74) is 0. The number of nitrogens with zero attached hydrogens (tertiary/aromatic N) is 2. The number of fused-ring (bicyclic) bond motifs is 1. The van der Waals surface area contributed by atoms with Crippen molar-refractivity contribution >= 4 is 24.3 Å². The van der Waals surface area contributed by atoms with Gasteiger partial charge < -0.3 is 0 Å². The van der Waals surface area contributed by atoms with Gasteiger partial charge in [-0.3, -0.25) is 4.99 Å². The average Bonchev–Trinajstić information content (AvgIpc) is 2.33. The summed E-state index contributed by atoms with van der Waals surface area (Å²) >= 11 is 1.76. The van der Waals surface area contributed by atoms with Gasteiger partial charge in [0.1, 0.15) is 11.7 Å². The van der Waals surface area contributed by atoms with E-state index >= 15 is 0 Å². The van der Waals surface area contributed by atoms with Gasteiger partial charge in [-0.1, -0.05) is 6.08 Å². The Balaban J connectivity index is 2.25. The molecule has 9 heavy (non-hydrogen) atoms. The fourth-order valence-electron chi connectivity index (χ4n) is 0.902. The van der Waals surface area contributed by atoms with Crippen molar-refractivity contribution in [2.45, 2.75) is 5.37 Å². The SMILES string of the molecule is C1=CC2C=NC=NC2S1. The fourth-order valence-corrected chi connectivity index (χ4v) is 1.80. The zero-order valence-electron chi connectivity index (χ0n) is 4.77. The normalized spacial score (nSPS) is 37.3. The molecule has 0 aromatic heterocycles. The van der Waals surface area contributed by atoms with Crippen LogP contribution in [-0.4, -0.2) is 17.9 Å². The number of hydrogen-bond acceptors (Lipinski definition) is 3. The molecular formula is C6H6N2S. The van der Waals surface area contributed by atoms with E-state index < -0.39 is 0 Å². The summed E-state index contributed by atoms with van der Waals surface area (Å²) in [6.07, 6.45) is 5.70. The van der Waals surface area contributed by atoms with Crippen LogP contribution in [0.15, 0.2) is 21.5 Å². The number of rotatable bonds is 0. The van der Waals surface area contributed by atoms with E-state index in [1.165, 1.54) is 0 Å². The molecule has 0 saturated heterocycles. The lowest BCUT2D eigenvalue weighted by molar-refractivity contribution is 0.828. The van der Waals surface area contributed by atoms with Crippen LogP contribution in [-0.2, 0) is 0 Å². The summed E-state index contributed by atoms with van der Waals surface area (Å²) in [7, 11) is 0. The molecule has 0 radical (unpaired) electrons. The molecule has 0 amide bonds. The van der Waals surface area contributed by atoms with Crippen LogP contribution in [0.3, 0.4) is 0 Å². The maximum absolute atomic E-state index is 4.17. The van der Waals surface area contributed by atoms with Gasteiger partial charge in [0.2, 0.25) is 0 Å². The van der Waals surface area contributed by atoms with Crippen LogP contribution < -0.4 is 0 Å². The van der Waals surface area contributed by atoms with Crippen molar-refractivity contribution in [1.82, 2.24) is 0 Å². The van der Waals surface area contributed by atoms with Crippen LogP contribution in [0.4, 0.5) is 0 Å². The van der Waals surface area contributed by atoms with Crippen molar-refractivity contribution in [1.29, 1.82) is 0 Å². The van der Waals surface area contributed by atoms with E-state index in [9.17, 15) is 0 Å². The van der Waals surface area contributed by atoms with Gasteiger partial charge in [0, 0.05) is 12.1 Å². The smallest absolute Gasteiger partial charge is 0.112 e. The van der Waals surface area contributed by atoms with Gasteiger partial charge in [0.15, 0.2) is 0 Å². The summed E-state index contributed by atoms with van der Waals surface area (Å²) < 4.78 is 0. The molecule has 0 saturated carbocycles. The quantitative estimate of drug-likeness (QED) is 0.495. The van der Waals surface area contributed by atoms with E-state index in [4.69, 9.17) is 0 Å². The summed E-state index contributed by atoms with van der Waals surface area (Å²) in [4.78, 5) is 8.11. The molecule has 2 nitrogen and oxygen atoms in total. The van der Waals surface area contributed by atoms with E-state index in [0.29, 0.717) is 11.3 Å². The molecule has 0 fully saturated rings. The molecule has 0 aromatic rings. The van der Waals surface area contributed by atoms with E-state index in [1.807, 2.05) is 6.21 Å².